The smallest absolute Gasteiger partial charge is 0.270 e. The Morgan fingerprint density at radius 3 is 2.68 bits per heavy atom. The summed E-state index contributed by atoms with van der Waals surface area (Å²) >= 11 is 6.10. The number of aldehydes is 1. The fourth-order valence-electron chi connectivity index (χ4n) is 4.56. The molecule has 0 spiro atoms. The van der Waals surface area contributed by atoms with Gasteiger partial charge in [0.25, 0.3) is 5.91 Å². The van der Waals surface area contributed by atoms with Crippen molar-refractivity contribution < 1.29 is 19.1 Å². The predicted molar refractivity (Wildman–Crippen MR) is 130 cm³/mol. The first kappa shape index (κ1) is 22.4. The fourth-order valence-corrected chi connectivity index (χ4v) is 4.74. The molecule has 0 radical (unpaired) electrons. The molecule has 2 aromatic carbocycles. The topological polar surface area (TPSA) is 83.9 Å². The number of carbonyl (C=O) groups is 3. The number of nitrogens with zero attached hydrogens (tertiary/aromatic N) is 3. The third-order valence-electron chi connectivity index (χ3n) is 6.52. The summed E-state index contributed by atoms with van der Waals surface area (Å²) in [6.07, 6.45) is 0.356. The highest BCUT2D eigenvalue weighted by Gasteiger charge is 2.26. The average molecular weight is 481 g/mol. The second-order valence-electron chi connectivity index (χ2n) is 8.63. The first-order valence-corrected chi connectivity index (χ1v) is 11.6. The lowest BCUT2D eigenvalue weighted by Gasteiger charge is -2.34. The zero-order valence-electron chi connectivity index (χ0n) is 18.8. The number of carbonyl (C=O) groups excluding carboxylic acids is 3. The molecule has 1 amide bonds. The molecule has 2 aliphatic rings. The van der Waals surface area contributed by atoms with Crippen molar-refractivity contribution in [3.63, 3.8) is 0 Å². The Balaban J connectivity index is 1.15. The molecular weight excluding hydrogens is 456 g/mol. The summed E-state index contributed by atoms with van der Waals surface area (Å²) in [5.41, 5.74) is 2.89. The molecule has 2 aliphatic heterocycles. The van der Waals surface area contributed by atoms with Crippen LogP contribution in [-0.4, -0.2) is 71.3 Å². The molecule has 0 aliphatic carbocycles. The first-order chi connectivity index (χ1) is 16.4. The number of fused-ring (bicyclic) bond motifs is 2. The van der Waals surface area contributed by atoms with Crippen molar-refractivity contribution in [1.29, 1.82) is 0 Å². The standard InChI is InChI=1S/C25H25ClN4O4/c1-28-20-5-3-18(26)12-17(20)13-21(28)25(33)30-10-8-29(9-11-30)7-6-22(32)16-2-4-19-23(14-16)34-24(15-31)27-19/h2-5,12-15,24,27H,6-11H2,1H3. The minimum Gasteiger partial charge on any atom is -0.461 e. The second-order valence-corrected chi connectivity index (χ2v) is 9.06. The van der Waals surface area contributed by atoms with Gasteiger partial charge < -0.3 is 19.5 Å². The number of aryl methyl sites for hydroxylation is 1. The fraction of sp³-hybridized carbons (Fsp3) is 0.320. The summed E-state index contributed by atoms with van der Waals surface area (Å²) in [5, 5.41) is 4.52. The molecule has 1 N–H and O–H groups in total. The van der Waals surface area contributed by atoms with Crippen LogP contribution in [0.5, 0.6) is 5.75 Å². The summed E-state index contributed by atoms with van der Waals surface area (Å²) in [6, 6.07) is 12.7. The van der Waals surface area contributed by atoms with E-state index >= 15 is 0 Å². The number of anilines is 1. The molecule has 1 aromatic heterocycles. The quantitative estimate of drug-likeness (QED) is 0.431. The zero-order valence-corrected chi connectivity index (χ0v) is 19.5. The van der Waals surface area contributed by atoms with E-state index in [0.29, 0.717) is 73.1 Å². The number of nitrogens with one attached hydrogen (secondary N) is 1. The van der Waals surface area contributed by atoms with Gasteiger partial charge in [0.05, 0.1) is 5.69 Å². The van der Waals surface area contributed by atoms with Gasteiger partial charge in [-0.05, 0) is 42.5 Å². The van der Waals surface area contributed by atoms with E-state index in [1.807, 2.05) is 40.8 Å². The van der Waals surface area contributed by atoms with E-state index < -0.39 is 6.23 Å². The van der Waals surface area contributed by atoms with Crippen LogP contribution in [0.4, 0.5) is 5.69 Å². The minimum atomic E-state index is -0.703. The molecule has 3 aromatic rings. The monoisotopic (exact) mass is 480 g/mol. The Labute approximate surface area is 202 Å². The molecule has 1 atom stereocenters. The van der Waals surface area contributed by atoms with E-state index in [1.165, 1.54) is 0 Å². The summed E-state index contributed by atoms with van der Waals surface area (Å²) in [7, 11) is 1.89. The number of ketones is 1. The second kappa shape index (κ2) is 9.12. The van der Waals surface area contributed by atoms with Crippen LogP contribution >= 0.6 is 11.6 Å². The van der Waals surface area contributed by atoms with Gasteiger partial charge in [-0.25, -0.2) is 0 Å². The summed E-state index contributed by atoms with van der Waals surface area (Å²) in [6.45, 7) is 3.28. The highest BCUT2D eigenvalue weighted by molar-refractivity contribution is 6.31. The first-order valence-electron chi connectivity index (χ1n) is 11.3. The lowest BCUT2D eigenvalue weighted by molar-refractivity contribution is -0.112. The Bertz CT molecular complexity index is 1280. The summed E-state index contributed by atoms with van der Waals surface area (Å²) < 4.78 is 7.37. The van der Waals surface area contributed by atoms with Gasteiger partial charge in [-0.1, -0.05) is 11.6 Å². The lowest BCUT2D eigenvalue weighted by atomic mass is 10.1. The Hall–Kier alpha value is -3.36. The van der Waals surface area contributed by atoms with Crippen molar-refractivity contribution in [2.75, 3.05) is 38.0 Å². The zero-order chi connectivity index (χ0) is 23.8. The number of rotatable bonds is 6. The summed E-state index contributed by atoms with van der Waals surface area (Å²) in [5.74, 6) is 0.547. The average Bonchev–Trinajstić information content (AvgIpc) is 3.42. The number of hydrogen-bond donors (Lipinski definition) is 1. The van der Waals surface area contributed by atoms with Gasteiger partial charge in [0.2, 0.25) is 6.23 Å². The Kier molecular flexibility index (Phi) is 6.02. The van der Waals surface area contributed by atoms with E-state index in [0.717, 1.165) is 10.9 Å². The van der Waals surface area contributed by atoms with E-state index in [-0.39, 0.29) is 11.7 Å². The summed E-state index contributed by atoms with van der Waals surface area (Å²) in [4.78, 5) is 40.8. The number of ether oxygens (including phenoxy) is 1. The van der Waals surface area contributed by atoms with E-state index in [4.69, 9.17) is 16.3 Å². The van der Waals surface area contributed by atoms with Crippen molar-refractivity contribution >= 4 is 46.2 Å². The van der Waals surface area contributed by atoms with Crippen LogP contribution in [0.15, 0.2) is 42.5 Å². The van der Waals surface area contributed by atoms with Crippen LogP contribution in [0.3, 0.4) is 0 Å². The van der Waals surface area contributed by atoms with Gasteiger partial charge in [0.1, 0.15) is 11.4 Å². The third-order valence-corrected chi connectivity index (χ3v) is 6.75. The Morgan fingerprint density at radius 2 is 1.91 bits per heavy atom. The van der Waals surface area contributed by atoms with Crippen molar-refractivity contribution in [3.05, 3.63) is 58.7 Å². The largest absolute Gasteiger partial charge is 0.461 e. The van der Waals surface area contributed by atoms with E-state index in [9.17, 15) is 14.4 Å². The normalized spacial score (nSPS) is 17.8. The maximum absolute atomic E-state index is 13.1. The highest BCUT2D eigenvalue weighted by atomic mass is 35.5. The van der Waals surface area contributed by atoms with Crippen molar-refractivity contribution in [2.24, 2.45) is 7.05 Å². The third kappa shape index (κ3) is 4.26. The molecule has 1 saturated heterocycles. The molecular formula is C25H25ClN4O4. The molecule has 1 unspecified atom stereocenters. The van der Waals surface area contributed by atoms with Crippen molar-refractivity contribution in [3.8, 4) is 5.75 Å². The van der Waals surface area contributed by atoms with Crippen LogP contribution in [0.25, 0.3) is 10.9 Å². The number of piperazine rings is 1. The molecule has 9 heteroatoms. The van der Waals surface area contributed by atoms with Crippen LogP contribution in [0.2, 0.25) is 5.02 Å². The lowest BCUT2D eigenvalue weighted by Crippen LogP contribution is -2.49. The Morgan fingerprint density at radius 1 is 1.12 bits per heavy atom. The molecule has 1 fully saturated rings. The molecule has 5 rings (SSSR count). The van der Waals surface area contributed by atoms with Gasteiger partial charge >= 0.3 is 0 Å². The molecule has 8 nitrogen and oxygen atoms in total. The molecule has 3 heterocycles. The maximum atomic E-state index is 13.1. The number of benzene rings is 2. The van der Waals surface area contributed by atoms with Gasteiger partial charge in [0, 0.05) is 67.7 Å². The predicted octanol–water partition coefficient (Wildman–Crippen LogP) is 3.19. The number of Topliss-reactive ketones (excluding diaryl/α,β-unsaturated/α-hetero) is 1. The van der Waals surface area contributed by atoms with Crippen LogP contribution in [0.1, 0.15) is 27.3 Å². The molecule has 34 heavy (non-hydrogen) atoms. The van der Waals surface area contributed by atoms with Gasteiger partial charge in [-0.2, -0.15) is 0 Å². The van der Waals surface area contributed by atoms with Crippen LogP contribution in [0, 0.1) is 0 Å². The van der Waals surface area contributed by atoms with E-state index in [2.05, 4.69) is 10.2 Å². The number of aromatic nitrogens is 1. The van der Waals surface area contributed by atoms with Gasteiger partial charge in [-0.15, -0.1) is 0 Å². The maximum Gasteiger partial charge on any atom is 0.270 e. The van der Waals surface area contributed by atoms with Crippen LogP contribution in [-0.2, 0) is 11.8 Å². The number of halogens is 1. The van der Waals surface area contributed by atoms with Crippen LogP contribution < -0.4 is 10.1 Å². The van der Waals surface area contributed by atoms with Gasteiger partial charge in [0.15, 0.2) is 12.1 Å². The SMILES string of the molecule is Cn1c(C(=O)N2CCN(CCC(=O)c3ccc4c(c3)OC(C=O)N4)CC2)cc2cc(Cl)ccc21. The number of hydrogen-bond acceptors (Lipinski definition) is 6. The van der Waals surface area contributed by atoms with Gasteiger partial charge in [-0.3, -0.25) is 19.3 Å². The molecule has 0 bridgehead atoms. The molecule has 0 saturated carbocycles. The highest BCUT2D eigenvalue weighted by Crippen LogP contribution is 2.32. The molecule has 176 valence electrons. The van der Waals surface area contributed by atoms with E-state index in [1.54, 1.807) is 18.2 Å². The van der Waals surface area contributed by atoms with Crippen molar-refractivity contribution in [2.45, 2.75) is 12.6 Å². The number of amides is 1. The minimum absolute atomic E-state index is 0.00549. The van der Waals surface area contributed by atoms with Crippen molar-refractivity contribution in [1.82, 2.24) is 14.4 Å².